The van der Waals surface area contributed by atoms with Gasteiger partial charge in [-0.25, -0.2) is 8.42 Å². The number of carbonyl (C=O) groups excluding carboxylic acids is 1. The van der Waals surface area contributed by atoms with Gasteiger partial charge in [0.1, 0.15) is 6.54 Å². The standard InChI is InChI=1S/C15H23N3O5S/c1-10(2)12(4)16-15(19)9-17(24(5,22)23)14-8-13(18(20)21)7-6-11(14)3/h6-8,10,12H,9H2,1-5H3,(H,16,19)/t12-/m1/s1. The van der Waals surface area contributed by atoms with Crippen molar-refractivity contribution in [2.24, 2.45) is 5.92 Å². The third-order valence-electron chi connectivity index (χ3n) is 3.75. The van der Waals surface area contributed by atoms with Crippen LogP contribution in [0.2, 0.25) is 0 Å². The monoisotopic (exact) mass is 357 g/mol. The number of nitro benzene ring substituents is 1. The van der Waals surface area contributed by atoms with Gasteiger partial charge in [-0.2, -0.15) is 0 Å². The lowest BCUT2D eigenvalue weighted by molar-refractivity contribution is -0.384. The van der Waals surface area contributed by atoms with Crippen molar-refractivity contribution in [1.29, 1.82) is 0 Å². The van der Waals surface area contributed by atoms with E-state index in [-0.39, 0.29) is 23.3 Å². The van der Waals surface area contributed by atoms with Crippen LogP contribution in [0, 0.1) is 23.0 Å². The Bertz CT molecular complexity index is 731. The van der Waals surface area contributed by atoms with E-state index in [0.717, 1.165) is 16.6 Å². The number of nitrogens with one attached hydrogen (secondary N) is 1. The molecule has 24 heavy (non-hydrogen) atoms. The summed E-state index contributed by atoms with van der Waals surface area (Å²) in [5.74, 6) is -0.271. The van der Waals surface area contributed by atoms with Crippen LogP contribution in [0.1, 0.15) is 26.3 Å². The number of benzene rings is 1. The zero-order valence-electron chi connectivity index (χ0n) is 14.4. The number of sulfonamides is 1. The normalized spacial score (nSPS) is 12.8. The molecule has 0 saturated heterocycles. The molecule has 134 valence electrons. The fraction of sp³-hybridized carbons (Fsp3) is 0.533. The van der Waals surface area contributed by atoms with Crippen molar-refractivity contribution in [2.45, 2.75) is 33.7 Å². The van der Waals surface area contributed by atoms with E-state index in [1.165, 1.54) is 12.1 Å². The Morgan fingerprint density at radius 1 is 1.33 bits per heavy atom. The van der Waals surface area contributed by atoms with E-state index < -0.39 is 27.4 Å². The fourth-order valence-electron chi connectivity index (χ4n) is 1.96. The molecule has 0 radical (unpaired) electrons. The van der Waals surface area contributed by atoms with Gasteiger partial charge in [-0.05, 0) is 25.3 Å². The van der Waals surface area contributed by atoms with Gasteiger partial charge in [0.15, 0.2) is 0 Å². The Kier molecular flexibility index (Phi) is 6.30. The number of anilines is 1. The summed E-state index contributed by atoms with van der Waals surface area (Å²) in [5, 5.41) is 13.7. The van der Waals surface area contributed by atoms with Gasteiger partial charge in [0.05, 0.1) is 16.9 Å². The summed E-state index contributed by atoms with van der Waals surface area (Å²) in [6, 6.07) is 3.79. The second-order valence-corrected chi connectivity index (χ2v) is 8.00. The van der Waals surface area contributed by atoms with Gasteiger partial charge in [0, 0.05) is 18.2 Å². The van der Waals surface area contributed by atoms with Crippen LogP contribution in [-0.4, -0.2) is 38.1 Å². The Balaban J connectivity index is 3.19. The van der Waals surface area contributed by atoms with Crippen molar-refractivity contribution in [1.82, 2.24) is 5.32 Å². The lowest BCUT2D eigenvalue weighted by Crippen LogP contribution is -2.44. The number of hydrogen-bond donors (Lipinski definition) is 1. The maximum atomic E-state index is 12.2. The molecule has 0 fully saturated rings. The minimum Gasteiger partial charge on any atom is -0.352 e. The molecule has 1 aromatic rings. The van der Waals surface area contributed by atoms with Gasteiger partial charge >= 0.3 is 0 Å². The Morgan fingerprint density at radius 2 is 1.92 bits per heavy atom. The van der Waals surface area contributed by atoms with Gasteiger partial charge in [0.2, 0.25) is 15.9 Å². The number of amides is 1. The number of rotatable bonds is 7. The number of carbonyl (C=O) groups is 1. The van der Waals surface area contributed by atoms with Crippen LogP contribution in [0.5, 0.6) is 0 Å². The van der Waals surface area contributed by atoms with E-state index in [4.69, 9.17) is 0 Å². The van der Waals surface area contributed by atoms with E-state index >= 15 is 0 Å². The average Bonchev–Trinajstić information content (AvgIpc) is 2.44. The van der Waals surface area contributed by atoms with E-state index in [2.05, 4.69) is 5.32 Å². The first-order valence-electron chi connectivity index (χ1n) is 7.45. The third kappa shape index (κ3) is 5.19. The van der Waals surface area contributed by atoms with E-state index in [1.54, 1.807) is 6.92 Å². The molecular formula is C15H23N3O5S. The SMILES string of the molecule is Cc1ccc([N+](=O)[O-])cc1N(CC(=O)N[C@H](C)C(C)C)S(C)(=O)=O. The third-order valence-corrected chi connectivity index (χ3v) is 4.87. The molecule has 9 heteroatoms. The molecule has 1 N–H and O–H groups in total. The first kappa shape index (κ1) is 19.9. The summed E-state index contributed by atoms with van der Waals surface area (Å²) < 4.78 is 25.1. The number of hydrogen-bond acceptors (Lipinski definition) is 5. The summed E-state index contributed by atoms with van der Waals surface area (Å²) in [6.07, 6.45) is 0.963. The summed E-state index contributed by atoms with van der Waals surface area (Å²) >= 11 is 0. The lowest BCUT2D eigenvalue weighted by atomic mass is 10.1. The lowest BCUT2D eigenvalue weighted by Gasteiger charge is -2.25. The largest absolute Gasteiger partial charge is 0.352 e. The molecule has 1 rings (SSSR count). The molecule has 0 spiro atoms. The smallest absolute Gasteiger partial charge is 0.271 e. The molecular weight excluding hydrogens is 334 g/mol. The number of aryl methyl sites for hydroxylation is 1. The zero-order chi connectivity index (χ0) is 18.7. The van der Waals surface area contributed by atoms with Crippen molar-refractivity contribution >= 4 is 27.3 Å². The summed E-state index contributed by atoms with van der Waals surface area (Å²) in [5.41, 5.74) is 0.412. The molecule has 1 aromatic carbocycles. The predicted octanol–water partition coefficient (Wildman–Crippen LogP) is 1.83. The molecule has 8 nitrogen and oxygen atoms in total. The van der Waals surface area contributed by atoms with Gasteiger partial charge < -0.3 is 5.32 Å². The van der Waals surface area contributed by atoms with Crippen LogP contribution >= 0.6 is 0 Å². The summed E-state index contributed by atoms with van der Waals surface area (Å²) in [7, 11) is -3.78. The fourth-order valence-corrected chi connectivity index (χ4v) is 2.86. The van der Waals surface area contributed by atoms with Crippen molar-refractivity contribution < 1.29 is 18.1 Å². The average molecular weight is 357 g/mol. The Hall–Kier alpha value is -2.16. The highest BCUT2D eigenvalue weighted by Gasteiger charge is 2.25. The van der Waals surface area contributed by atoms with Crippen LogP contribution in [0.4, 0.5) is 11.4 Å². The van der Waals surface area contributed by atoms with E-state index in [9.17, 15) is 23.3 Å². The molecule has 0 saturated carbocycles. The van der Waals surface area contributed by atoms with E-state index in [0.29, 0.717) is 5.56 Å². The van der Waals surface area contributed by atoms with Crippen LogP contribution in [0.25, 0.3) is 0 Å². The first-order chi connectivity index (χ1) is 10.9. The van der Waals surface area contributed by atoms with Crippen molar-refractivity contribution in [3.05, 3.63) is 33.9 Å². The van der Waals surface area contributed by atoms with Gasteiger partial charge in [0.25, 0.3) is 5.69 Å². The second kappa shape index (κ2) is 7.61. The van der Waals surface area contributed by atoms with Gasteiger partial charge in [-0.3, -0.25) is 19.2 Å². The second-order valence-electron chi connectivity index (χ2n) is 6.10. The topological polar surface area (TPSA) is 110 Å². The molecule has 1 amide bonds. The number of non-ortho nitro benzene ring substituents is 1. The zero-order valence-corrected chi connectivity index (χ0v) is 15.3. The number of nitrogens with zero attached hydrogens (tertiary/aromatic N) is 2. The highest BCUT2D eigenvalue weighted by atomic mass is 32.2. The van der Waals surface area contributed by atoms with Gasteiger partial charge in [-0.1, -0.05) is 19.9 Å². The maximum absolute atomic E-state index is 12.2. The highest BCUT2D eigenvalue weighted by Crippen LogP contribution is 2.27. The Morgan fingerprint density at radius 3 is 2.38 bits per heavy atom. The summed E-state index contributed by atoms with van der Waals surface area (Å²) in [4.78, 5) is 22.5. The molecule has 1 atom stereocenters. The highest BCUT2D eigenvalue weighted by molar-refractivity contribution is 7.92. The van der Waals surface area contributed by atoms with Crippen molar-refractivity contribution in [3.8, 4) is 0 Å². The molecule has 0 aliphatic heterocycles. The molecule has 0 aliphatic rings. The molecule has 0 aromatic heterocycles. The summed E-state index contributed by atoms with van der Waals surface area (Å²) in [6.45, 7) is 6.89. The minimum atomic E-state index is -3.78. The van der Waals surface area contributed by atoms with Crippen LogP contribution in [0.3, 0.4) is 0 Å². The van der Waals surface area contributed by atoms with Crippen LogP contribution < -0.4 is 9.62 Å². The van der Waals surface area contributed by atoms with Crippen LogP contribution in [0.15, 0.2) is 18.2 Å². The predicted molar refractivity (Wildman–Crippen MR) is 92.5 cm³/mol. The molecule has 0 aliphatic carbocycles. The molecule has 0 unspecified atom stereocenters. The molecule has 0 bridgehead atoms. The molecule has 0 heterocycles. The minimum absolute atomic E-state index is 0.120. The Labute approximate surface area is 142 Å². The van der Waals surface area contributed by atoms with E-state index in [1.807, 2.05) is 20.8 Å². The maximum Gasteiger partial charge on any atom is 0.271 e. The number of nitro groups is 1. The first-order valence-corrected chi connectivity index (χ1v) is 9.30. The van der Waals surface area contributed by atoms with Crippen molar-refractivity contribution in [2.75, 3.05) is 17.1 Å². The van der Waals surface area contributed by atoms with Crippen molar-refractivity contribution in [3.63, 3.8) is 0 Å². The van der Waals surface area contributed by atoms with Gasteiger partial charge in [-0.15, -0.1) is 0 Å². The quantitative estimate of drug-likeness (QED) is 0.591. The van der Waals surface area contributed by atoms with Crippen LogP contribution in [-0.2, 0) is 14.8 Å².